The van der Waals surface area contributed by atoms with Gasteiger partial charge in [0.25, 0.3) is 5.91 Å². The number of halogens is 2. The molecule has 1 aromatic heterocycles. The zero-order valence-corrected chi connectivity index (χ0v) is 12.5. The summed E-state index contributed by atoms with van der Waals surface area (Å²) >= 11 is 0. The molecule has 0 spiro atoms. The normalized spacial score (nSPS) is 18.5. The molecule has 2 heterocycles. The molecular formula is C12H20Cl2N4O. The topological polar surface area (TPSA) is 66.9 Å². The van der Waals surface area contributed by atoms with Crippen LogP contribution < -0.4 is 10.6 Å². The molecule has 1 unspecified atom stereocenters. The lowest BCUT2D eigenvalue weighted by molar-refractivity contribution is 0.0928. The highest BCUT2D eigenvalue weighted by atomic mass is 35.5. The molecule has 108 valence electrons. The summed E-state index contributed by atoms with van der Waals surface area (Å²) in [6.45, 7) is 3.85. The molecule has 1 aromatic rings. The molecular weight excluding hydrogens is 287 g/mol. The third-order valence-corrected chi connectivity index (χ3v) is 2.92. The van der Waals surface area contributed by atoms with E-state index in [-0.39, 0.29) is 36.8 Å². The van der Waals surface area contributed by atoms with Crippen molar-refractivity contribution in [1.29, 1.82) is 0 Å². The van der Waals surface area contributed by atoms with E-state index < -0.39 is 0 Å². The molecule has 0 bridgehead atoms. The zero-order valence-electron chi connectivity index (χ0n) is 10.9. The van der Waals surface area contributed by atoms with Crippen LogP contribution >= 0.6 is 24.8 Å². The van der Waals surface area contributed by atoms with Crippen LogP contribution in [0, 0.1) is 6.92 Å². The molecule has 2 rings (SSSR count). The van der Waals surface area contributed by atoms with Gasteiger partial charge in [0.1, 0.15) is 5.69 Å². The monoisotopic (exact) mass is 306 g/mol. The van der Waals surface area contributed by atoms with Gasteiger partial charge in [-0.15, -0.1) is 24.8 Å². The number of aryl methyl sites for hydroxylation is 1. The van der Waals surface area contributed by atoms with E-state index in [4.69, 9.17) is 0 Å². The highest BCUT2D eigenvalue weighted by Crippen LogP contribution is 2.06. The minimum Gasteiger partial charge on any atom is -0.348 e. The van der Waals surface area contributed by atoms with Crippen molar-refractivity contribution in [1.82, 2.24) is 20.6 Å². The summed E-state index contributed by atoms with van der Waals surface area (Å²) in [5.41, 5.74) is 1.22. The molecule has 1 amide bonds. The molecule has 0 aromatic carbocycles. The maximum atomic E-state index is 11.9. The van der Waals surface area contributed by atoms with Crippen LogP contribution in [0.15, 0.2) is 12.4 Å². The van der Waals surface area contributed by atoms with Crippen molar-refractivity contribution in [2.75, 3.05) is 13.1 Å². The van der Waals surface area contributed by atoms with E-state index in [0.29, 0.717) is 5.69 Å². The van der Waals surface area contributed by atoms with Gasteiger partial charge in [-0.05, 0) is 39.3 Å². The molecule has 0 radical (unpaired) electrons. The third kappa shape index (κ3) is 5.72. The van der Waals surface area contributed by atoms with E-state index in [0.717, 1.165) is 38.0 Å². The minimum absolute atomic E-state index is 0. The predicted octanol–water partition coefficient (Wildman–Crippen LogP) is 1.50. The predicted molar refractivity (Wildman–Crippen MR) is 79.2 cm³/mol. The lowest BCUT2D eigenvalue weighted by Gasteiger charge is -2.15. The SMILES string of the molecule is Cc1cnc(C(=O)NC2CCCNCC2)cn1.Cl.Cl. The molecule has 1 saturated heterocycles. The first-order valence-corrected chi connectivity index (χ1v) is 6.06. The van der Waals surface area contributed by atoms with Crippen molar-refractivity contribution in [3.8, 4) is 0 Å². The Morgan fingerprint density at radius 3 is 2.74 bits per heavy atom. The van der Waals surface area contributed by atoms with Gasteiger partial charge in [0.2, 0.25) is 0 Å². The first-order valence-electron chi connectivity index (χ1n) is 6.06. The van der Waals surface area contributed by atoms with Crippen LogP contribution in [0.2, 0.25) is 0 Å². The molecule has 19 heavy (non-hydrogen) atoms. The summed E-state index contributed by atoms with van der Waals surface area (Å²) in [6, 6.07) is 0.251. The molecule has 5 nitrogen and oxygen atoms in total. The van der Waals surface area contributed by atoms with Crippen LogP contribution in [0.5, 0.6) is 0 Å². The van der Waals surface area contributed by atoms with E-state index in [1.165, 1.54) is 6.20 Å². The summed E-state index contributed by atoms with van der Waals surface area (Å²) in [5.74, 6) is -0.121. The summed E-state index contributed by atoms with van der Waals surface area (Å²) < 4.78 is 0. The van der Waals surface area contributed by atoms with Crippen molar-refractivity contribution < 1.29 is 4.79 Å². The van der Waals surface area contributed by atoms with Crippen molar-refractivity contribution in [3.05, 3.63) is 23.8 Å². The third-order valence-electron chi connectivity index (χ3n) is 2.92. The van der Waals surface area contributed by atoms with Gasteiger partial charge >= 0.3 is 0 Å². The highest BCUT2D eigenvalue weighted by Gasteiger charge is 2.16. The Labute approximate surface area is 125 Å². The van der Waals surface area contributed by atoms with Crippen LogP contribution in [0.4, 0.5) is 0 Å². The maximum Gasteiger partial charge on any atom is 0.271 e. The van der Waals surface area contributed by atoms with Crippen molar-refractivity contribution >= 4 is 30.7 Å². The average Bonchev–Trinajstić information content (AvgIpc) is 2.58. The fourth-order valence-electron chi connectivity index (χ4n) is 1.93. The number of carbonyl (C=O) groups is 1. The van der Waals surface area contributed by atoms with Gasteiger partial charge < -0.3 is 10.6 Å². The fraction of sp³-hybridized carbons (Fsp3) is 0.583. The van der Waals surface area contributed by atoms with Gasteiger partial charge in [0.15, 0.2) is 0 Å². The first kappa shape index (κ1) is 18.1. The Bertz CT molecular complexity index is 378. The van der Waals surface area contributed by atoms with Gasteiger partial charge in [0.05, 0.1) is 11.9 Å². The van der Waals surface area contributed by atoms with Gasteiger partial charge in [-0.3, -0.25) is 9.78 Å². The molecule has 7 heteroatoms. The van der Waals surface area contributed by atoms with Gasteiger partial charge in [-0.1, -0.05) is 0 Å². The summed E-state index contributed by atoms with van der Waals surface area (Å²) in [6.07, 6.45) is 6.25. The molecule has 1 fully saturated rings. The minimum atomic E-state index is -0.121. The molecule has 0 saturated carbocycles. The van der Waals surface area contributed by atoms with Crippen molar-refractivity contribution in [3.63, 3.8) is 0 Å². The molecule has 1 atom stereocenters. The largest absolute Gasteiger partial charge is 0.348 e. The van der Waals surface area contributed by atoms with Gasteiger partial charge in [-0.25, -0.2) is 4.98 Å². The quantitative estimate of drug-likeness (QED) is 0.869. The molecule has 1 aliphatic rings. The van der Waals surface area contributed by atoms with Crippen molar-refractivity contribution in [2.45, 2.75) is 32.2 Å². The number of nitrogens with zero attached hydrogens (tertiary/aromatic N) is 2. The van der Waals surface area contributed by atoms with Crippen LogP contribution in [-0.4, -0.2) is 35.0 Å². The number of nitrogens with one attached hydrogen (secondary N) is 2. The Morgan fingerprint density at radius 2 is 2.05 bits per heavy atom. The molecule has 1 aliphatic heterocycles. The maximum absolute atomic E-state index is 11.9. The molecule has 2 N–H and O–H groups in total. The average molecular weight is 307 g/mol. The van der Waals surface area contributed by atoms with Gasteiger partial charge in [0, 0.05) is 12.2 Å². The Hall–Kier alpha value is -0.910. The Kier molecular flexibility index (Phi) is 8.63. The summed E-state index contributed by atoms with van der Waals surface area (Å²) in [7, 11) is 0. The van der Waals surface area contributed by atoms with Crippen LogP contribution in [0.1, 0.15) is 35.4 Å². The standard InChI is InChI=1S/C12H18N4O.2ClH/c1-9-7-15-11(8-14-9)12(17)16-10-3-2-5-13-6-4-10;;/h7-8,10,13H,2-6H2,1H3,(H,16,17);2*1H. The first-order chi connectivity index (χ1) is 8.25. The number of rotatable bonds is 2. The number of carbonyl (C=O) groups excluding carboxylic acids is 1. The highest BCUT2D eigenvalue weighted by molar-refractivity contribution is 5.92. The number of amides is 1. The van der Waals surface area contributed by atoms with Crippen LogP contribution in [0.3, 0.4) is 0 Å². The summed E-state index contributed by atoms with van der Waals surface area (Å²) in [5, 5.41) is 6.33. The zero-order chi connectivity index (χ0) is 12.1. The van der Waals surface area contributed by atoms with Crippen LogP contribution in [0.25, 0.3) is 0 Å². The second-order valence-electron chi connectivity index (χ2n) is 4.39. The van der Waals surface area contributed by atoms with E-state index in [1.807, 2.05) is 6.92 Å². The Morgan fingerprint density at radius 1 is 1.26 bits per heavy atom. The summed E-state index contributed by atoms with van der Waals surface area (Å²) in [4.78, 5) is 20.1. The lowest BCUT2D eigenvalue weighted by Crippen LogP contribution is -2.35. The van der Waals surface area contributed by atoms with E-state index in [2.05, 4.69) is 20.6 Å². The number of aromatic nitrogens is 2. The van der Waals surface area contributed by atoms with Crippen LogP contribution in [-0.2, 0) is 0 Å². The smallest absolute Gasteiger partial charge is 0.271 e. The van der Waals surface area contributed by atoms with Crippen molar-refractivity contribution in [2.24, 2.45) is 0 Å². The van der Waals surface area contributed by atoms with E-state index >= 15 is 0 Å². The molecule has 0 aliphatic carbocycles. The number of hydrogen-bond donors (Lipinski definition) is 2. The van der Waals surface area contributed by atoms with E-state index in [1.54, 1.807) is 6.20 Å². The van der Waals surface area contributed by atoms with E-state index in [9.17, 15) is 4.79 Å². The Balaban J connectivity index is 0.00000162. The second-order valence-corrected chi connectivity index (χ2v) is 4.39. The second kappa shape index (κ2) is 9.07. The lowest BCUT2D eigenvalue weighted by atomic mass is 10.1. The number of hydrogen-bond acceptors (Lipinski definition) is 4. The fourth-order valence-corrected chi connectivity index (χ4v) is 1.93. The van der Waals surface area contributed by atoms with Gasteiger partial charge in [-0.2, -0.15) is 0 Å².